The summed E-state index contributed by atoms with van der Waals surface area (Å²) in [6.07, 6.45) is 3.37. The van der Waals surface area contributed by atoms with E-state index in [-0.39, 0.29) is 24.3 Å². The number of carbonyl (C=O) groups is 2. The smallest absolute Gasteiger partial charge is 0.416 e. The Hall–Kier alpha value is -4.29. The molecule has 2 aromatic heterocycles. The second kappa shape index (κ2) is 13.7. The Morgan fingerprint density at radius 1 is 1.06 bits per heavy atom. The number of alkyl halides is 3. The lowest BCUT2D eigenvalue weighted by atomic mass is 9.62. The van der Waals surface area contributed by atoms with Gasteiger partial charge in [-0.2, -0.15) is 13.2 Å². The van der Waals surface area contributed by atoms with E-state index in [0.29, 0.717) is 28.4 Å². The predicted octanol–water partition coefficient (Wildman–Crippen LogP) is 7.52. The van der Waals surface area contributed by atoms with Crippen LogP contribution < -0.4 is 10.1 Å². The average Bonchev–Trinajstić information content (AvgIpc) is 3.54. The zero-order chi connectivity index (χ0) is 34.1. The van der Waals surface area contributed by atoms with Crippen LogP contribution in [0.2, 0.25) is 0 Å². The van der Waals surface area contributed by atoms with Gasteiger partial charge in [0.15, 0.2) is 0 Å². The molecule has 252 valence electrons. The van der Waals surface area contributed by atoms with Crippen molar-refractivity contribution in [1.82, 2.24) is 19.8 Å². The summed E-state index contributed by atoms with van der Waals surface area (Å²) >= 11 is 1.42. The van der Waals surface area contributed by atoms with E-state index in [1.54, 1.807) is 31.6 Å². The number of carbonyl (C=O) groups excluding carboxylic acids is 2. The number of thiophene rings is 1. The van der Waals surface area contributed by atoms with Crippen LogP contribution in [0.1, 0.15) is 60.0 Å². The Labute approximate surface area is 282 Å². The quantitative estimate of drug-likeness (QED) is 0.197. The molecule has 1 saturated carbocycles. The van der Waals surface area contributed by atoms with Gasteiger partial charge < -0.3 is 19.9 Å². The van der Waals surface area contributed by atoms with Crippen molar-refractivity contribution >= 4 is 28.8 Å². The number of anilines is 1. The lowest BCUT2D eigenvalue weighted by Gasteiger charge is -2.42. The summed E-state index contributed by atoms with van der Waals surface area (Å²) in [6, 6.07) is 12.6. The third kappa shape index (κ3) is 7.09. The minimum absolute atomic E-state index is 0.0801. The third-order valence-corrected chi connectivity index (χ3v) is 10.6. The van der Waals surface area contributed by atoms with Gasteiger partial charge in [-0.3, -0.25) is 14.6 Å². The van der Waals surface area contributed by atoms with Gasteiger partial charge in [-0.25, -0.2) is 4.98 Å². The van der Waals surface area contributed by atoms with Crippen molar-refractivity contribution in [2.24, 2.45) is 0 Å². The van der Waals surface area contributed by atoms with Crippen molar-refractivity contribution in [3.05, 3.63) is 83.0 Å². The number of piperidine rings is 1. The number of benzene rings is 2. The summed E-state index contributed by atoms with van der Waals surface area (Å²) in [5, 5.41) is 4.79. The average molecular weight is 678 g/mol. The number of halogens is 3. The third-order valence-electron chi connectivity index (χ3n) is 9.69. The molecule has 48 heavy (non-hydrogen) atoms. The fraction of sp³-hybridized carbons (Fsp3) is 0.389. The maximum atomic E-state index is 13.4. The molecule has 4 aromatic rings. The molecule has 1 saturated heterocycles. The highest BCUT2D eigenvalue weighted by Crippen LogP contribution is 2.47. The molecule has 2 aromatic carbocycles. The number of nitrogens with one attached hydrogen (secondary N) is 1. The maximum absolute atomic E-state index is 13.4. The van der Waals surface area contributed by atoms with Crippen LogP contribution in [0.5, 0.6) is 5.75 Å². The van der Waals surface area contributed by atoms with Gasteiger partial charge >= 0.3 is 6.18 Å². The van der Waals surface area contributed by atoms with Gasteiger partial charge in [0.05, 0.1) is 52.6 Å². The minimum Gasteiger partial charge on any atom is -0.496 e. The second-order valence-corrected chi connectivity index (χ2v) is 13.7. The highest BCUT2D eigenvalue weighted by Gasteiger charge is 2.41. The highest BCUT2D eigenvalue weighted by molar-refractivity contribution is 7.14. The molecule has 1 N–H and O–H groups in total. The predicted molar refractivity (Wildman–Crippen MR) is 180 cm³/mol. The summed E-state index contributed by atoms with van der Waals surface area (Å²) in [5.41, 5.74) is 2.69. The molecule has 2 amide bonds. The van der Waals surface area contributed by atoms with Crippen molar-refractivity contribution in [1.29, 1.82) is 0 Å². The summed E-state index contributed by atoms with van der Waals surface area (Å²) in [6.45, 7) is 1.91. The van der Waals surface area contributed by atoms with Crippen LogP contribution in [0.4, 0.5) is 18.9 Å². The summed E-state index contributed by atoms with van der Waals surface area (Å²) in [4.78, 5) is 40.7. The number of ether oxygens (including phenoxy) is 1. The van der Waals surface area contributed by atoms with E-state index in [1.807, 2.05) is 29.5 Å². The molecule has 0 bridgehead atoms. The number of amides is 2. The molecule has 1 aliphatic carbocycles. The van der Waals surface area contributed by atoms with E-state index < -0.39 is 17.2 Å². The highest BCUT2D eigenvalue weighted by atomic mass is 32.1. The van der Waals surface area contributed by atoms with Crippen molar-refractivity contribution in [3.63, 3.8) is 0 Å². The Morgan fingerprint density at radius 3 is 2.42 bits per heavy atom. The first-order valence-corrected chi connectivity index (χ1v) is 16.9. The van der Waals surface area contributed by atoms with Crippen LogP contribution in [0, 0.1) is 0 Å². The van der Waals surface area contributed by atoms with Gasteiger partial charge in [-0.15, -0.1) is 11.3 Å². The van der Waals surface area contributed by atoms with Crippen LogP contribution >= 0.6 is 11.3 Å². The topological polar surface area (TPSA) is 87.7 Å². The lowest BCUT2D eigenvalue weighted by molar-refractivity contribution is -0.137. The van der Waals surface area contributed by atoms with Crippen LogP contribution in [-0.2, 0) is 16.4 Å². The van der Waals surface area contributed by atoms with E-state index in [0.717, 1.165) is 73.3 Å². The van der Waals surface area contributed by atoms with Crippen molar-refractivity contribution in [2.45, 2.75) is 56.2 Å². The normalized spacial score (nSPS) is 16.6. The maximum Gasteiger partial charge on any atom is 0.416 e. The molecule has 0 atom stereocenters. The monoisotopic (exact) mass is 677 g/mol. The Kier molecular flexibility index (Phi) is 9.57. The number of nitrogens with zero attached hydrogens (tertiary/aromatic N) is 4. The van der Waals surface area contributed by atoms with E-state index in [2.05, 4.69) is 22.2 Å². The number of likely N-dealkylation sites (tertiary alicyclic amines) is 1. The number of hydrogen-bond acceptors (Lipinski definition) is 7. The number of aromatic nitrogens is 2. The van der Waals surface area contributed by atoms with Gasteiger partial charge in [0.25, 0.3) is 5.91 Å². The molecule has 0 spiro atoms. The number of rotatable bonds is 9. The summed E-state index contributed by atoms with van der Waals surface area (Å²) in [5.74, 6) is 0.191. The van der Waals surface area contributed by atoms with Crippen LogP contribution in [0.25, 0.3) is 21.8 Å². The first kappa shape index (κ1) is 33.6. The fourth-order valence-electron chi connectivity index (χ4n) is 6.62. The largest absolute Gasteiger partial charge is 0.496 e. The van der Waals surface area contributed by atoms with E-state index in [4.69, 9.17) is 9.72 Å². The van der Waals surface area contributed by atoms with E-state index in [9.17, 15) is 22.8 Å². The molecule has 12 heteroatoms. The Bertz CT molecular complexity index is 1780. The molecular weight excluding hydrogens is 639 g/mol. The fourth-order valence-corrected chi connectivity index (χ4v) is 7.42. The van der Waals surface area contributed by atoms with Gasteiger partial charge in [0.1, 0.15) is 5.75 Å². The molecule has 0 unspecified atom stereocenters. The molecule has 0 radical (unpaired) electrons. The molecular formula is C36H38F3N5O3S. The molecule has 6 rings (SSSR count). The molecule has 2 aliphatic rings. The van der Waals surface area contributed by atoms with Crippen molar-refractivity contribution in [3.8, 4) is 27.6 Å². The Balaban J connectivity index is 1.13. The van der Waals surface area contributed by atoms with Crippen LogP contribution in [-0.4, -0.2) is 71.9 Å². The first-order valence-electron chi connectivity index (χ1n) is 16.0. The SMILES string of the molecule is COc1cc(-c2cncc(-c3cc(NC(=O)CC4(c5ccc(C(F)(F)F)cc5)CCC4)cs3)n2)ccc1C(=O)N(C)C1CCN(C)CC1. The number of hydrogen-bond donors (Lipinski definition) is 1. The Morgan fingerprint density at radius 2 is 1.77 bits per heavy atom. The first-order chi connectivity index (χ1) is 23.0. The molecule has 1 aliphatic heterocycles. The zero-order valence-corrected chi connectivity index (χ0v) is 28.0. The van der Waals surface area contributed by atoms with Gasteiger partial charge in [-0.05, 0) is 81.7 Å². The zero-order valence-electron chi connectivity index (χ0n) is 27.1. The lowest BCUT2D eigenvalue weighted by Crippen LogP contribution is -2.44. The van der Waals surface area contributed by atoms with Gasteiger partial charge in [-0.1, -0.05) is 24.6 Å². The van der Waals surface area contributed by atoms with Crippen molar-refractivity contribution in [2.75, 3.05) is 39.6 Å². The molecule has 2 fully saturated rings. The van der Waals surface area contributed by atoms with Crippen molar-refractivity contribution < 1.29 is 27.5 Å². The standard InChI is InChI=1S/C36H38F3N5O3S/c1-43-15-11-27(12-16-43)44(2)34(46)28-10-5-23(17-31(28)47-3)29-20-40-21-30(42-29)32-18-26(22-48-32)41-33(45)19-35(13-4-14-35)24-6-8-25(9-7-24)36(37,38)39/h5-10,17-18,20-22,27H,4,11-16,19H2,1-3H3,(H,41,45). The van der Waals surface area contributed by atoms with E-state index in [1.165, 1.54) is 23.5 Å². The number of methoxy groups -OCH3 is 1. The van der Waals surface area contributed by atoms with Gasteiger partial charge in [0.2, 0.25) is 5.91 Å². The van der Waals surface area contributed by atoms with Crippen LogP contribution in [0.15, 0.2) is 66.3 Å². The summed E-state index contributed by atoms with van der Waals surface area (Å²) < 4.78 is 44.8. The minimum atomic E-state index is -4.40. The van der Waals surface area contributed by atoms with Gasteiger partial charge in [0, 0.05) is 35.9 Å². The second-order valence-electron chi connectivity index (χ2n) is 12.8. The summed E-state index contributed by atoms with van der Waals surface area (Å²) in [7, 11) is 5.49. The molecule has 3 heterocycles. The van der Waals surface area contributed by atoms with E-state index >= 15 is 0 Å². The molecule has 8 nitrogen and oxygen atoms in total. The van der Waals surface area contributed by atoms with Crippen LogP contribution in [0.3, 0.4) is 0 Å².